The van der Waals surface area contributed by atoms with Crippen LogP contribution < -0.4 is 10.6 Å². The van der Waals surface area contributed by atoms with Crippen molar-refractivity contribution >= 4 is 47.6 Å². The molecule has 1 fully saturated rings. The van der Waals surface area contributed by atoms with Gasteiger partial charge in [-0.25, -0.2) is 4.98 Å². The first-order valence-corrected chi connectivity index (χ1v) is 8.88. The first-order chi connectivity index (χ1) is 12.5. The van der Waals surface area contributed by atoms with Gasteiger partial charge in [0.25, 0.3) is 0 Å². The number of para-hydroxylation sites is 2. The largest absolute Gasteiger partial charge is 0.367 e. The van der Waals surface area contributed by atoms with Crippen molar-refractivity contribution in [3.05, 3.63) is 30.5 Å². The Morgan fingerprint density at radius 3 is 2.75 bits per heavy atom. The van der Waals surface area contributed by atoms with Crippen molar-refractivity contribution in [2.45, 2.75) is 38.3 Å². The van der Waals surface area contributed by atoms with E-state index in [9.17, 15) is 4.79 Å². The number of nitriles is 1. The highest BCUT2D eigenvalue weighted by atomic mass is 35.5. The van der Waals surface area contributed by atoms with Crippen LogP contribution in [0, 0.1) is 11.3 Å². The van der Waals surface area contributed by atoms with Crippen LogP contribution in [0.15, 0.2) is 30.5 Å². The molecule has 0 unspecified atom stereocenters. The number of nitrogens with one attached hydrogen (secondary N) is 2. The zero-order chi connectivity index (χ0) is 18.6. The zero-order valence-electron chi connectivity index (χ0n) is 16.0. The summed E-state index contributed by atoms with van der Waals surface area (Å²) in [5, 5.41) is 15.7. The van der Waals surface area contributed by atoms with Gasteiger partial charge in [-0.3, -0.25) is 9.78 Å². The Kier molecular flexibility index (Phi) is 8.89. The van der Waals surface area contributed by atoms with Crippen molar-refractivity contribution in [2.75, 3.05) is 25.0 Å². The Balaban J connectivity index is 0.00000196. The maximum atomic E-state index is 12.4. The maximum Gasteiger partial charge on any atom is 0.237 e. The number of carbonyl (C=O) groups is 1. The number of amides is 1. The molecular weight excluding hydrogens is 399 g/mol. The molecule has 152 valence electrons. The first kappa shape index (κ1) is 23.9. The van der Waals surface area contributed by atoms with Gasteiger partial charge in [0.1, 0.15) is 11.9 Å². The maximum absolute atomic E-state index is 12.4. The average molecular weight is 425 g/mol. The van der Waals surface area contributed by atoms with E-state index in [-0.39, 0.29) is 48.8 Å². The molecule has 0 aliphatic carbocycles. The molecule has 7 nitrogen and oxygen atoms in total. The number of likely N-dealkylation sites (tertiary alicyclic amines) is 1. The normalized spacial score (nSPS) is 16.0. The van der Waals surface area contributed by atoms with Gasteiger partial charge in [-0.15, -0.1) is 24.8 Å². The van der Waals surface area contributed by atoms with Crippen LogP contribution in [0.5, 0.6) is 0 Å². The minimum absolute atomic E-state index is 0. The van der Waals surface area contributed by atoms with Crippen molar-refractivity contribution < 1.29 is 4.79 Å². The monoisotopic (exact) mass is 424 g/mol. The molecule has 1 aromatic carbocycles. The molecule has 28 heavy (non-hydrogen) atoms. The number of nitrogens with zero attached hydrogens (tertiary/aromatic N) is 4. The molecule has 1 atom stereocenters. The Morgan fingerprint density at radius 1 is 1.32 bits per heavy atom. The highest BCUT2D eigenvalue weighted by Gasteiger charge is 2.29. The average Bonchev–Trinajstić information content (AvgIpc) is 3.13. The van der Waals surface area contributed by atoms with Crippen LogP contribution in [-0.4, -0.2) is 52.0 Å². The standard InChI is InChI=1S/C19H24N6O.2ClH/c1-19(2,23-12-18(26)25-9-5-6-14(25)10-20)13-22-17-11-21-15-7-3-4-8-16(15)24-17;;/h3-4,7-8,11,14,23H,5-6,9,12-13H2,1-2H3,(H,22,24);2*1H/t14-;;/m0../s1. The highest BCUT2D eigenvalue weighted by molar-refractivity contribution is 5.85. The van der Waals surface area contributed by atoms with Crippen LogP contribution in [0.25, 0.3) is 11.0 Å². The summed E-state index contributed by atoms with van der Waals surface area (Å²) in [6.07, 6.45) is 3.38. The molecule has 2 aromatic rings. The van der Waals surface area contributed by atoms with E-state index in [1.165, 1.54) is 0 Å². The number of aromatic nitrogens is 2. The molecule has 0 bridgehead atoms. The fourth-order valence-electron chi connectivity index (χ4n) is 3.03. The summed E-state index contributed by atoms with van der Waals surface area (Å²) in [4.78, 5) is 23.0. The summed E-state index contributed by atoms with van der Waals surface area (Å²) in [5.41, 5.74) is 1.39. The zero-order valence-corrected chi connectivity index (χ0v) is 17.6. The molecular formula is C19H26Cl2N6O. The third-order valence-corrected chi connectivity index (χ3v) is 4.60. The first-order valence-electron chi connectivity index (χ1n) is 8.88. The number of halogens is 2. The molecule has 0 radical (unpaired) electrons. The third-order valence-electron chi connectivity index (χ3n) is 4.60. The molecule has 1 amide bonds. The lowest BCUT2D eigenvalue weighted by Gasteiger charge is -2.28. The molecule has 0 saturated carbocycles. The number of rotatable bonds is 6. The Morgan fingerprint density at radius 2 is 2.04 bits per heavy atom. The van der Waals surface area contributed by atoms with Crippen LogP contribution in [0.1, 0.15) is 26.7 Å². The van der Waals surface area contributed by atoms with Gasteiger partial charge in [-0.05, 0) is 38.8 Å². The van der Waals surface area contributed by atoms with Gasteiger partial charge in [-0.1, -0.05) is 12.1 Å². The number of hydrogen-bond acceptors (Lipinski definition) is 6. The molecule has 0 spiro atoms. The molecule has 1 aromatic heterocycles. The second kappa shape index (κ2) is 10.4. The van der Waals surface area contributed by atoms with Gasteiger partial charge < -0.3 is 15.5 Å². The molecule has 1 aliphatic rings. The van der Waals surface area contributed by atoms with Gasteiger partial charge in [-0.2, -0.15) is 5.26 Å². The summed E-state index contributed by atoms with van der Waals surface area (Å²) in [6.45, 7) is 5.52. The minimum atomic E-state index is -0.315. The minimum Gasteiger partial charge on any atom is -0.367 e. The molecule has 2 heterocycles. The van der Waals surface area contributed by atoms with E-state index in [0.29, 0.717) is 18.9 Å². The van der Waals surface area contributed by atoms with Gasteiger partial charge in [0.15, 0.2) is 0 Å². The van der Waals surface area contributed by atoms with E-state index in [1.54, 1.807) is 11.1 Å². The molecule has 1 aliphatic heterocycles. The van der Waals surface area contributed by atoms with E-state index in [1.807, 2.05) is 38.1 Å². The summed E-state index contributed by atoms with van der Waals surface area (Å²) in [6, 6.07) is 9.65. The number of anilines is 1. The Bertz CT molecular complexity index is 839. The highest BCUT2D eigenvalue weighted by Crippen LogP contribution is 2.16. The van der Waals surface area contributed by atoms with Crippen LogP contribution in [0.2, 0.25) is 0 Å². The van der Waals surface area contributed by atoms with Crippen molar-refractivity contribution in [2.24, 2.45) is 0 Å². The lowest BCUT2D eigenvalue weighted by molar-refractivity contribution is -0.130. The van der Waals surface area contributed by atoms with Crippen molar-refractivity contribution in [1.82, 2.24) is 20.2 Å². The second-order valence-electron chi connectivity index (χ2n) is 7.21. The number of hydrogen-bond donors (Lipinski definition) is 2. The second-order valence-corrected chi connectivity index (χ2v) is 7.21. The van der Waals surface area contributed by atoms with E-state index in [2.05, 4.69) is 26.7 Å². The summed E-state index contributed by atoms with van der Waals surface area (Å²) in [5.74, 6) is 0.682. The summed E-state index contributed by atoms with van der Waals surface area (Å²) in [7, 11) is 0. The Hall–Kier alpha value is -2.14. The lowest BCUT2D eigenvalue weighted by Crippen LogP contribution is -2.50. The fraction of sp³-hybridized carbons (Fsp3) is 0.474. The molecule has 1 saturated heterocycles. The van der Waals surface area contributed by atoms with E-state index in [0.717, 1.165) is 23.9 Å². The van der Waals surface area contributed by atoms with Crippen LogP contribution in [-0.2, 0) is 4.79 Å². The van der Waals surface area contributed by atoms with E-state index >= 15 is 0 Å². The van der Waals surface area contributed by atoms with Crippen LogP contribution in [0.4, 0.5) is 5.82 Å². The third kappa shape index (κ3) is 5.93. The van der Waals surface area contributed by atoms with Crippen LogP contribution in [0.3, 0.4) is 0 Å². The number of fused-ring (bicyclic) bond motifs is 1. The number of benzene rings is 1. The molecule has 9 heteroatoms. The van der Waals surface area contributed by atoms with Gasteiger partial charge in [0.05, 0.1) is 29.8 Å². The fourth-order valence-corrected chi connectivity index (χ4v) is 3.03. The predicted octanol–water partition coefficient (Wildman–Crippen LogP) is 2.77. The predicted molar refractivity (Wildman–Crippen MR) is 115 cm³/mol. The quantitative estimate of drug-likeness (QED) is 0.739. The molecule has 2 N–H and O–H groups in total. The smallest absolute Gasteiger partial charge is 0.237 e. The van der Waals surface area contributed by atoms with Crippen LogP contribution >= 0.6 is 24.8 Å². The molecule has 3 rings (SSSR count). The van der Waals surface area contributed by atoms with E-state index in [4.69, 9.17) is 5.26 Å². The van der Waals surface area contributed by atoms with Crippen molar-refractivity contribution in [3.63, 3.8) is 0 Å². The summed E-state index contributed by atoms with van der Waals surface area (Å²) >= 11 is 0. The van der Waals surface area contributed by atoms with Gasteiger partial charge in [0, 0.05) is 18.6 Å². The van der Waals surface area contributed by atoms with E-state index < -0.39 is 0 Å². The SMILES string of the molecule is CC(C)(CNc1cnc2ccccc2n1)NCC(=O)N1CCC[C@H]1C#N.Cl.Cl. The lowest BCUT2D eigenvalue weighted by atomic mass is 10.1. The van der Waals surface area contributed by atoms with Crippen molar-refractivity contribution in [1.29, 1.82) is 5.26 Å². The van der Waals surface area contributed by atoms with Gasteiger partial charge >= 0.3 is 0 Å². The Labute approximate surface area is 177 Å². The van der Waals surface area contributed by atoms with Gasteiger partial charge in [0.2, 0.25) is 5.91 Å². The van der Waals surface area contributed by atoms with Crippen molar-refractivity contribution in [3.8, 4) is 6.07 Å². The summed E-state index contributed by atoms with van der Waals surface area (Å²) < 4.78 is 0. The number of carbonyl (C=O) groups excluding carboxylic acids is 1. The topological polar surface area (TPSA) is 93.9 Å².